The minimum Gasteiger partial charge on any atom is -0.508 e. The number of rotatable bonds is 2. The minimum atomic E-state index is 0.222. The van der Waals surface area contributed by atoms with E-state index in [0.717, 1.165) is 34.6 Å². The van der Waals surface area contributed by atoms with Crippen molar-refractivity contribution >= 4 is 5.57 Å². The van der Waals surface area contributed by atoms with E-state index in [9.17, 15) is 5.11 Å². The summed E-state index contributed by atoms with van der Waals surface area (Å²) in [5, 5.41) is 9.41. The molecule has 3 nitrogen and oxygen atoms in total. The number of aromatic hydroxyl groups is 1. The molecule has 3 heteroatoms. The first-order valence-corrected chi connectivity index (χ1v) is 6.08. The number of ether oxygens (including phenoxy) is 2. The Morgan fingerprint density at radius 2 is 1.89 bits per heavy atom. The van der Waals surface area contributed by atoms with E-state index in [2.05, 4.69) is 0 Å². The van der Waals surface area contributed by atoms with E-state index in [1.807, 2.05) is 30.3 Å². The number of hydrogen-bond donors (Lipinski definition) is 1. The maximum Gasteiger partial charge on any atom is 0.133 e. The van der Waals surface area contributed by atoms with Gasteiger partial charge < -0.3 is 14.6 Å². The first-order chi connectivity index (χ1) is 9.26. The van der Waals surface area contributed by atoms with Gasteiger partial charge in [-0.1, -0.05) is 18.2 Å². The van der Waals surface area contributed by atoms with Gasteiger partial charge in [0.05, 0.1) is 13.4 Å². The lowest BCUT2D eigenvalue weighted by atomic mass is 9.97. The molecule has 0 radical (unpaired) electrons. The monoisotopic (exact) mass is 254 g/mol. The Morgan fingerprint density at radius 3 is 2.63 bits per heavy atom. The summed E-state index contributed by atoms with van der Waals surface area (Å²) in [6.07, 6.45) is 2.53. The van der Waals surface area contributed by atoms with Crippen LogP contribution < -0.4 is 9.47 Å². The first-order valence-electron chi connectivity index (χ1n) is 6.08. The van der Waals surface area contributed by atoms with Gasteiger partial charge in [-0.3, -0.25) is 0 Å². The topological polar surface area (TPSA) is 38.7 Å². The Kier molecular flexibility index (Phi) is 2.88. The summed E-state index contributed by atoms with van der Waals surface area (Å²) in [5.41, 5.74) is 3.30. The number of benzene rings is 2. The van der Waals surface area contributed by atoms with Crippen LogP contribution >= 0.6 is 0 Å². The van der Waals surface area contributed by atoms with Crippen molar-refractivity contribution in [3.8, 4) is 17.2 Å². The molecule has 1 N–H and O–H groups in total. The van der Waals surface area contributed by atoms with Crippen molar-refractivity contribution < 1.29 is 14.6 Å². The molecule has 0 spiro atoms. The molecule has 0 aromatic heterocycles. The van der Waals surface area contributed by atoms with Crippen LogP contribution in [0.3, 0.4) is 0 Å². The molecular formula is C16H14O3. The van der Waals surface area contributed by atoms with E-state index in [4.69, 9.17) is 9.47 Å². The molecule has 0 fully saturated rings. The molecule has 0 amide bonds. The Balaban J connectivity index is 1.88. The van der Waals surface area contributed by atoms with Crippen LogP contribution in [0.2, 0.25) is 0 Å². The van der Waals surface area contributed by atoms with Crippen molar-refractivity contribution in [1.29, 1.82) is 0 Å². The lowest BCUT2D eigenvalue weighted by Crippen LogP contribution is -2.02. The van der Waals surface area contributed by atoms with E-state index < -0.39 is 0 Å². The van der Waals surface area contributed by atoms with E-state index in [0.29, 0.717) is 0 Å². The van der Waals surface area contributed by atoms with Gasteiger partial charge >= 0.3 is 0 Å². The Bertz CT molecular complexity index is 627. The summed E-state index contributed by atoms with van der Waals surface area (Å²) in [6, 6.07) is 13.1. The Morgan fingerprint density at radius 1 is 1.11 bits per heavy atom. The highest BCUT2D eigenvalue weighted by Gasteiger charge is 2.14. The molecule has 96 valence electrons. The first kappa shape index (κ1) is 11.7. The van der Waals surface area contributed by atoms with Gasteiger partial charge in [0.15, 0.2) is 0 Å². The smallest absolute Gasteiger partial charge is 0.133 e. The average molecular weight is 254 g/mol. The van der Waals surface area contributed by atoms with Gasteiger partial charge in [-0.15, -0.1) is 0 Å². The molecule has 2 aromatic rings. The van der Waals surface area contributed by atoms with Crippen molar-refractivity contribution in [2.45, 2.75) is 6.42 Å². The van der Waals surface area contributed by atoms with Crippen LogP contribution in [-0.4, -0.2) is 12.2 Å². The molecule has 0 saturated carbocycles. The Hall–Kier alpha value is -2.42. The summed E-state index contributed by atoms with van der Waals surface area (Å²) in [5.74, 6) is 1.78. The van der Waals surface area contributed by atoms with Crippen molar-refractivity contribution in [3.05, 3.63) is 59.9 Å². The van der Waals surface area contributed by atoms with Gasteiger partial charge in [0.1, 0.15) is 17.2 Å². The van der Waals surface area contributed by atoms with Crippen LogP contribution in [-0.2, 0) is 6.42 Å². The zero-order valence-corrected chi connectivity index (χ0v) is 10.6. The standard InChI is InChI=1S/C16H14O3/c1-18-15-6-3-11(4-7-15)13-8-12-2-5-14(17)9-16(12)19-10-13/h2-7,9-10,17H,8H2,1H3. The quantitative estimate of drug-likeness (QED) is 0.893. The van der Waals surface area contributed by atoms with Crippen LogP contribution in [0.5, 0.6) is 17.2 Å². The molecule has 19 heavy (non-hydrogen) atoms. The van der Waals surface area contributed by atoms with Gasteiger partial charge in [0.25, 0.3) is 0 Å². The Labute approximate surface area is 111 Å². The van der Waals surface area contributed by atoms with Crippen molar-refractivity contribution in [3.63, 3.8) is 0 Å². The summed E-state index contributed by atoms with van der Waals surface area (Å²) in [6.45, 7) is 0. The second kappa shape index (κ2) is 4.69. The average Bonchev–Trinajstić information content (AvgIpc) is 2.47. The highest BCUT2D eigenvalue weighted by atomic mass is 16.5. The highest BCUT2D eigenvalue weighted by Crippen LogP contribution is 2.33. The van der Waals surface area contributed by atoms with Crippen molar-refractivity contribution in [1.82, 2.24) is 0 Å². The maximum absolute atomic E-state index is 9.41. The third-order valence-corrected chi connectivity index (χ3v) is 3.22. The van der Waals surface area contributed by atoms with Gasteiger partial charge in [-0.25, -0.2) is 0 Å². The number of fused-ring (bicyclic) bond motifs is 1. The predicted molar refractivity (Wildman–Crippen MR) is 73.4 cm³/mol. The van der Waals surface area contributed by atoms with Gasteiger partial charge in [-0.05, 0) is 34.9 Å². The zero-order chi connectivity index (χ0) is 13.2. The minimum absolute atomic E-state index is 0.222. The maximum atomic E-state index is 9.41. The SMILES string of the molecule is COc1ccc(C2=COc3cc(O)ccc3C2)cc1. The van der Waals surface area contributed by atoms with E-state index >= 15 is 0 Å². The molecule has 1 aliphatic rings. The molecule has 3 rings (SSSR count). The van der Waals surface area contributed by atoms with Gasteiger partial charge in [0.2, 0.25) is 0 Å². The predicted octanol–water partition coefficient (Wildman–Crippen LogP) is 3.38. The van der Waals surface area contributed by atoms with Gasteiger partial charge in [-0.2, -0.15) is 0 Å². The fourth-order valence-corrected chi connectivity index (χ4v) is 2.16. The van der Waals surface area contributed by atoms with Crippen LogP contribution in [0.4, 0.5) is 0 Å². The van der Waals surface area contributed by atoms with Crippen molar-refractivity contribution in [2.75, 3.05) is 7.11 Å². The molecule has 1 heterocycles. The summed E-state index contributed by atoms with van der Waals surface area (Å²) >= 11 is 0. The molecular weight excluding hydrogens is 240 g/mol. The van der Waals surface area contributed by atoms with E-state index in [-0.39, 0.29) is 5.75 Å². The fourth-order valence-electron chi connectivity index (χ4n) is 2.16. The molecule has 0 atom stereocenters. The summed E-state index contributed by atoms with van der Waals surface area (Å²) in [7, 11) is 1.65. The number of phenols is 1. The van der Waals surface area contributed by atoms with Crippen LogP contribution in [0.15, 0.2) is 48.7 Å². The highest BCUT2D eigenvalue weighted by molar-refractivity contribution is 5.70. The second-order valence-corrected chi connectivity index (χ2v) is 4.46. The third-order valence-electron chi connectivity index (χ3n) is 3.22. The van der Waals surface area contributed by atoms with E-state index in [1.54, 1.807) is 25.5 Å². The van der Waals surface area contributed by atoms with E-state index in [1.165, 1.54) is 0 Å². The second-order valence-electron chi connectivity index (χ2n) is 4.46. The summed E-state index contributed by atoms with van der Waals surface area (Å²) < 4.78 is 10.7. The van der Waals surface area contributed by atoms with Crippen LogP contribution in [0.1, 0.15) is 11.1 Å². The number of methoxy groups -OCH3 is 1. The van der Waals surface area contributed by atoms with Crippen LogP contribution in [0.25, 0.3) is 5.57 Å². The molecule has 1 aliphatic heterocycles. The zero-order valence-electron chi connectivity index (χ0n) is 10.6. The molecule has 0 bridgehead atoms. The normalized spacial score (nSPS) is 13.2. The lowest BCUT2D eigenvalue weighted by molar-refractivity contribution is 0.414. The molecule has 0 saturated heterocycles. The molecule has 0 aliphatic carbocycles. The molecule has 2 aromatic carbocycles. The number of hydrogen-bond acceptors (Lipinski definition) is 3. The third kappa shape index (κ3) is 2.27. The summed E-state index contributed by atoms with van der Waals surface area (Å²) in [4.78, 5) is 0. The van der Waals surface area contributed by atoms with Gasteiger partial charge in [0, 0.05) is 12.5 Å². The molecule has 0 unspecified atom stereocenters. The number of allylic oxidation sites excluding steroid dienone is 1. The number of phenolic OH excluding ortho intramolecular Hbond substituents is 1. The lowest BCUT2D eigenvalue weighted by Gasteiger charge is -2.17. The van der Waals surface area contributed by atoms with Crippen molar-refractivity contribution in [2.24, 2.45) is 0 Å². The van der Waals surface area contributed by atoms with Crippen LogP contribution in [0, 0.1) is 0 Å². The largest absolute Gasteiger partial charge is 0.508 e. The fraction of sp³-hybridized carbons (Fsp3) is 0.125.